The SMILES string of the molecule is CC(CC(=O)N1CC2CC3CC1C[C@](O)(C3)C2)c1c[nH]c2cccc(-c3ccco3)c12. The molecular weight excluding hydrogens is 388 g/mol. The molecule has 4 aliphatic rings. The molecule has 7 rings (SSSR count). The van der Waals surface area contributed by atoms with E-state index in [-0.39, 0.29) is 17.9 Å². The van der Waals surface area contributed by atoms with Crippen LogP contribution in [0.1, 0.15) is 56.9 Å². The molecule has 4 fully saturated rings. The van der Waals surface area contributed by atoms with E-state index in [4.69, 9.17) is 4.42 Å². The monoisotopic (exact) mass is 418 g/mol. The fourth-order valence-corrected chi connectivity index (χ4v) is 6.88. The van der Waals surface area contributed by atoms with Crippen molar-refractivity contribution in [1.29, 1.82) is 0 Å². The summed E-state index contributed by atoms with van der Waals surface area (Å²) in [6, 6.07) is 10.3. The average Bonchev–Trinajstić information content (AvgIpc) is 3.36. The molecule has 2 aliphatic carbocycles. The first-order chi connectivity index (χ1) is 15.0. The molecule has 2 aliphatic heterocycles. The molecule has 0 spiro atoms. The van der Waals surface area contributed by atoms with Crippen LogP contribution in [0.15, 0.2) is 47.2 Å². The highest BCUT2D eigenvalue weighted by molar-refractivity contribution is 5.97. The summed E-state index contributed by atoms with van der Waals surface area (Å²) in [5.41, 5.74) is 2.75. The number of rotatable bonds is 4. The molecule has 4 unspecified atom stereocenters. The fourth-order valence-electron chi connectivity index (χ4n) is 6.88. The minimum Gasteiger partial charge on any atom is -0.464 e. The summed E-state index contributed by atoms with van der Waals surface area (Å²) in [7, 11) is 0. The highest BCUT2D eigenvalue weighted by Crippen LogP contribution is 2.50. The molecule has 3 aromatic rings. The highest BCUT2D eigenvalue weighted by atomic mass is 16.3. The molecule has 0 radical (unpaired) electrons. The Morgan fingerprint density at radius 1 is 1.23 bits per heavy atom. The summed E-state index contributed by atoms with van der Waals surface area (Å²) in [5, 5.41) is 12.1. The molecule has 5 heteroatoms. The Labute approximate surface area is 182 Å². The smallest absolute Gasteiger partial charge is 0.223 e. The van der Waals surface area contributed by atoms with Gasteiger partial charge in [-0.2, -0.15) is 0 Å². The summed E-state index contributed by atoms with van der Waals surface area (Å²) < 4.78 is 5.68. The van der Waals surface area contributed by atoms with Gasteiger partial charge in [0.05, 0.1) is 11.9 Å². The third-order valence-electron chi connectivity index (χ3n) is 7.98. The molecule has 162 valence electrons. The van der Waals surface area contributed by atoms with Crippen molar-refractivity contribution in [3.05, 3.63) is 48.4 Å². The average molecular weight is 419 g/mol. The van der Waals surface area contributed by atoms with Gasteiger partial charge >= 0.3 is 0 Å². The normalized spacial score (nSPS) is 30.6. The predicted molar refractivity (Wildman–Crippen MR) is 120 cm³/mol. The van der Waals surface area contributed by atoms with E-state index >= 15 is 0 Å². The zero-order chi connectivity index (χ0) is 21.2. The van der Waals surface area contributed by atoms with Gasteiger partial charge < -0.3 is 19.4 Å². The lowest BCUT2D eigenvalue weighted by Crippen LogP contribution is -2.48. The maximum Gasteiger partial charge on any atom is 0.223 e. The number of amides is 1. The van der Waals surface area contributed by atoms with Crippen LogP contribution in [-0.2, 0) is 4.79 Å². The van der Waals surface area contributed by atoms with E-state index in [2.05, 4.69) is 28.9 Å². The van der Waals surface area contributed by atoms with Crippen LogP contribution in [0, 0.1) is 11.8 Å². The van der Waals surface area contributed by atoms with Gasteiger partial charge in [0.2, 0.25) is 5.91 Å². The van der Waals surface area contributed by atoms with Gasteiger partial charge in [-0.3, -0.25) is 4.79 Å². The Kier molecular flexibility index (Phi) is 4.32. The van der Waals surface area contributed by atoms with Crippen molar-refractivity contribution in [3.8, 4) is 11.3 Å². The van der Waals surface area contributed by atoms with Crippen molar-refractivity contribution in [2.24, 2.45) is 11.8 Å². The Hall–Kier alpha value is -2.53. The first-order valence-electron chi connectivity index (χ1n) is 11.6. The van der Waals surface area contributed by atoms with Gasteiger partial charge in [0.25, 0.3) is 0 Å². The zero-order valence-electron chi connectivity index (χ0n) is 18.0. The van der Waals surface area contributed by atoms with Crippen LogP contribution < -0.4 is 0 Å². The molecule has 4 heterocycles. The molecule has 1 aromatic carbocycles. The van der Waals surface area contributed by atoms with Crippen LogP contribution >= 0.6 is 0 Å². The molecular formula is C26H30N2O3. The van der Waals surface area contributed by atoms with Crippen LogP contribution in [0.5, 0.6) is 0 Å². The number of nitrogens with zero attached hydrogens (tertiary/aromatic N) is 1. The van der Waals surface area contributed by atoms with Gasteiger partial charge in [-0.05, 0) is 73.6 Å². The van der Waals surface area contributed by atoms with E-state index in [1.165, 1.54) is 6.42 Å². The number of fused-ring (bicyclic) bond motifs is 2. The van der Waals surface area contributed by atoms with Gasteiger partial charge in [0, 0.05) is 41.7 Å². The zero-order valence-corrected chi connectivity index (χ0v) is 18.0. The van der Waals surface area contributed by atoms with E-state index in [9.17, 15) is 9.90 Å². The maximum atomic E-state index is 13.5. The third-order valence-corrected chi connectivity index (χ3v) is 7.98. The number of carbonyl (C=O) groups is 1. The lowest BCUT2D eigenvalue weighted by molar-refractivity contribution is -0.135. The first-order valence-corrected chi connectivity index (χ1v) is 11.6. The maximum absolute atomic E-state index is 13.5. The van der Waals surface area contributed by atoms with Crippen molar-refractivity contribution in [2.75, 3.05) is 6.54 Å². The largest absolute Gasteiger partial charge is 0.464 e. The number of aliphatic hydroxyl groups is 1. The van der Waals surface area contributed by atoms with Crippen molar-refractivity contribution >= 4 is 16.8 Å². The number of carbonyl (C=O) groups excluding carboxylic acids is 1. The number of hydrogen-bond donors (Lipinski definition) is 2. The van der Waals surface area contributed by atoms with Crippen molar-refractivity contribution in [1.82, 2.24) is 9.88 Å². The van der Waals surface area contributed by atoms with Crippen LogP contribution in [0.3, 0.4) is 0 Å². The van der Waals surface area contributed by atoms with E-state index < -0.39 is 5.60 Å². The summed E-state index contributed by atoms with van der Waals surface area (Å²) in [6.07, 6.45) is 9.04. The number of furan rings is 1. The van der Waals surface area contributed by atoms with Gasteiger partial charge in [0.15, 0.2) is 0 Å². The number of aromatic nitrogens is 1. The molecule has 31 heavy (non-hydrogen) atoms. The summed E-state index contributed by atoms with van der Waals surface area (Å²) in [4.78, 5) is 19.0. The molecule has 5 nitrogen and oxygen atoms in total. The standard InChI is InChI=1S/C26H30N2O3/c1-16(21-14-27-22-5-2-4-20(25(21)22)23-6-3-7-31-23)8-24(29)28-15-18-9-17-10-19(28)13-26(30,11-17)12-18/h2-7,14,16-19,27,30H,8-13,15H2,1H3/t16?,17?,18?,19?,26-/m0/s1. The number of H-pyrrole nitrogens is 1. The van der Waals surface area contributed by atoms with Crippen molar-refractivity contribution in [2.45, 2.75) is 63.0 Å². The molecule has 4 bridgehead atoms. The summed E-state index contributed by atoms with van der Waals surface area (Å²) in [5.74, 6) is 2.22. The third kappa shape index (κ3) is 3.21. The Bertz CT molecular complexity index is 1120. The Morgan fingerprint density at radius 3 is 2.90 bits per heavy atom. The van der Waals surface area contributed by atoms with Gasteiger partial charge in [-0.1, -0.05) is 19.1 Å². The fraction of sp³-hybridized carbons (Fsp3) is 0.500. The highest BCUT2D eigenvalue weighted by Gasteiger charge is 2.50. The quantitative estimate of drug-likeness (QED) is 0.621. The second-order valence-corrected chi connectivity index (χ2v) is 10.3. The number of benzene rings is 1. The summed E-state index contributed by atoms with van der Waals surface area (Å²) in [6.45, 7) is 2.97. The van der Waals surface area contributed by atoms with Gasteiger partial charge in [-0.25, -0.2) is 0 Å². The minimum atomic E-state index is -0.536. The number of hydrogen-bond acceptors (Lipinski definition) is 3. The van der Waals surface area contributed by atoms with E-state index in [0.29, 0.717) is 18.3 Å². The van der Waals surface area contributed by atoms with Crippen molar-refractivity contribution in [3.63, 3.8) is 0 Å². The minimum absolute atomic E-state index is 0.0955. The van der Waals surface area contributed by atoms with Crippen molar-refractivity contribution < 1.29 is 14.3 Å². The molecule has 1 amide bonds. The second-order valence-electron chi connectivity index (χ2n) is 10.3. The number of aromatic amines is 1. The summed E-state index contributed by atoms with van der Waals surface area (Å²) >= 11 is 0. The van der Waals surface area contributed by atoms with Crippen LogP contribution in [0.25, 0.3) is 22.2 Å². The lowest BCUT2D eigenvalue weighted by Gasteiger charge is -2.45. The molecule has 2 saturated heterocycles. The number of nitrogens with one attached hydrogen (secondary N) is 1. The molecule has 2 saturated carbocycles. The van der Waals surface area contributed by atoms with E-state index in [1.807, 2.05) is 24.4 Å². The lowest BCUT2D eigenvalue weighted by atomic mass is 9.65. The topological polar surface area (TPSA) is 69.5 Å². The van der Waals surface area contributed by atoms with E-state index in [1.54, 1.807) is 6.26 Å². The first kappa shape index (κ1) is 19.2. The van der Waals surface area contributed by atoms with Crippen LogP contribution in [0.2, 0.25) is 0 Å². The Morgan fingerprint density at radius 2 is 2.10 bits per heavy atom. The Balaban J connectivity index is 1.27. The van der Waals surface area contributed by atoms with E-state index in [0.717, 1.165) is 60.0 Å². The molecule has 5 atom stereocenters. The van der Waals surface area contributed by atoms with Gasteiger partial charge in [-0.15, -0.1) is 0 Å². The molecule has 2 N–H and O–H groups in total. The second kappa shape index (κ2) is 6.99. The predicted octanol–water partition coefficient (Wildman–Crippen LogP) is 5.07. The van der Waals surface area contributed by atoms with Crippen LogP contribution in [0.4, 0.5) is 0 Å². The molecule has 2 aromatic heterocycles. The van der Waals surface area contributed by atoms with Crippen LogP contribution in [-0.4, -0.2) is 39.1 Å². The van der Waals surface area contributed by atoms with Gasteiger partial charge in [0.1, 0.15) is 5.76 Å².